The molecular formula is C14H16F3N3O2. The van der Waals surface area contributed by atoms with Crippen molar-refractivity contribution < 1.29 is 22.7 Å². The summed E-state index contributed by atoms with van der Waals surface area (Å²) in [6.07, 6.45) is -4.41. The van der Waals surface area contributed by atoms with Crippen molar-refractivity contribution in [2.24, 2.45) is 0 Å². The summed E-state index contributed by atoms with van der Waals surface area (Å²) >= 11 is 0. The molecule has 1 saturated heterocycles. The Hall–Kier alpha value is -1.96. The molecule has 0 unspecified atom stereocenters. The summed E-state index contributed by atoms with van der Waals surface area (Å²) in [7, 11) is 0. The van der Waals surface area contributed by atoms with Gasteiger partial charge in [-0.15, -0.1) is 0 Å². The number of hydrogen-bond donors (Lipinski definition) is 1. The highest BCUT2D eigenvalue weighted by molar-refractivity contribution is 6.00. The zero-order valence-corrected chi connectivity index (χ0v) is 11.8. The van der Waals surface area contributed by atoms with Crippen LogP contribution in [0.4, 0.5) is 24.5 Å². The number of rotatable bonds is 2. The monoisotopic (exact) mass is 315 g/mol. The third kappa shape index (κ3) is 2.83. The number of hydrogen-bond acceptors (Lipinski definition) is 4. The molecule has 1 aromatic rings. The van der Waals surface area contributed by atoms with Crippen LogP contribution in [-0.2, 0) is 11.3 Å². The van der Waals surface area contributed by atoms with Crippen molar-refractivity contribution in [2.75, 3.05) is 43.5 Å². The van der Waals surface area contributed by atoms with E-state index in [1.165, 1.54) is 0 Å². The molecule has 3 rings (SSSR count). The maximum absolute atomic E-state index is 12.5. The van der Waals surface area contributed by atoms with Crippen molar-refractivity contribution >= 4 is 17.3 Å². The molecule has 0 spiro atoms. The molecule has 120 valence electrons. The summed E-state index contributed by atoms with van der Waals surface area (Å²) in [4.78, 5) is 14.9. The van der Waals surface area contributed by atoms with Crippen LogP contribution in [0.15, 0.2) is 12.1 Å². The molecule has 0 atom stereocenters. The van der Waals surface area contributed by atoms with E-state index in [4.69, 9.17) is 10.5 Å². The normalized spacial score (nSPS) is 18.8. The smallest absolute Gasteiger partial charge is 0.397 e. The van der Waals surface area contributed by atoms with Gasteiger partial charge in [0.05, 0.1) is 24.6 Å². The molecule has 1 fully saturated rings. The lowest BCUT2D eigenvalue weighted by Gasteiger charge is -2.30. The van der Waals surface area contributed by atoms with Gasteiger partial charge < -0.3 is 20.3 Å². The highest BCUT2D eigenvalue weighted by Crippen LogP contribution is 2.34. The average Bonchev–Trinajstić information content (AvgIpc) is 2.73. The lowest BCUT2D eigenvalue weighted by atomic mass is 10.1. The van der Waals surface area contributed by atoms with Gasteiger partial charge in [0.15, 0.2) is 0 Å². The molecular weight excluding hydrogens is 299 g/mol. The highest BCUT2D eigenvalue weighted by atomic mass is 19.4. The molecule has 0 aromatic heterocycles. The highest BCUT2D eigenvalue weighted by Gasteiger charge is 2.38. The summed E-state index contributed by atoms with van der Waals surface area (Å²) in [5.74, 6) is -0.596. The fraction of sp³-hybridized carbons (Fsp3) is 0.500. The second kappa shape index (κ2) is 5.35. The topological polar surface area (TPSA) is 58.8 Å². The fourth-order valence-corrected chi connectivity index (χ4v) is 2.85. The minimum Gasteiger partial charge on any atom is -0.397 e. The Morgan fingerprint density at radius 3 is 2.55 bits per heavy atom. The van der Waals surface area contributed by atoms with Gasteiger partial charge in [-0.2, -0.15) is 13.2 Å². The van der Waals surface area contributed by atoms with Crippen LogP contribution in [0.3, 0.4) is 0 Å². The first-order valence-electron chi connectivity index (χ1n) is 6.96. The van der Waals surface area contributed by atoms with E-state index in [0.29, 0.717) is 48.8 Å². The maximum Gasteiger partial charge on any atom is 0.406 e. The minimum atomic E-state index is -4.41. The number of carbonyl (C=O) groups excluding carboxylic acids is 1. The van der Waals surface area contributed by atoms with Gasteiger partial charge >= 0.3 is 6.18 Å². The summed E-state index contributed by atoms with van der Waals surface area (Å²) in [6.45, 7) is 1.11. The quantitative estimate of drug-likeness (QED) is 0.843. The van der Waals surface area contributed by atoms with Gasteiger partial charge in [-0.05, 0) is 17.7 Å². The van der Waals surface area contributed by atoms with Gasteiger partial charge in [-0.1, -0.05) is 0 Å². The van der Waals surface area contributed by atoms with E-state index in [2.05, 4.69) is 0 Å². The largest absolute Gasteiger partial charge is 0.406 e. The number of benzene rings is 1. The molecule has 0 radical (unpaired) electrons. The van der Waals surface area contributed by atoms with Crippen LogP contribution in [0.2, 0.25) is 0 Å². The number of nitrogens with zero attached hydrogens (tertiary/aromatic N) is 2. The Balaban J connectivity index is 1.87. The minimum absolute atomic E-state index is 0.0543. The predicted molar refractivity (Wildman–Crippen MR) is 74.7 cm³/mol. The number of alkyl halides is 3. The first kappa shape index (κ1) is 15.0. The van der Waals surface area contributed by atoms with Gasteiger partial charge in [0.25, 0.3) is 5.91 Å². The van der Waals surface area contributed by atoms with Gasteiger partial charge in [0.2, 0.25) is 0 Å². The number of amides is 1. The molecule has 2 N–H and O–H groups in total. The molecule has 8 heteroatoms. The molecule has 5 nitrogen and oxygen atoms in total. The van der Waals surface area contributed by atoms with Crippen LogP contribution < -0.4 is 10.6 Å². The number of halogens is 3. The van der Waals surface area contributed by atoms with Crippen molar-refractivity contribution in [1.82, 2.24) is 4.90 Å². The number of anilines is 2. The van der Waals surface area contributed by atoms with Crippen LogP contribution in [0.5, 0.6) is 0 Å². The molecule has 0 aliphatic carbocycles. The summed E-state index contributed by atoms with van der Waals surface area (Å²) < 4.78 is 42.8. The van der Waals surface area contributed by atoms with Gasteiger partial charge in [-0.25, -0.2) is 0 Å². The first-order valence-corrected chi connectivity index (χ1v) is 6.96. The Kier molecular flexibility index (Phi) is 3.64. The van der Waals surface area contributed by atoms with E-state index in [-0.39, 0.29) is 6.54 Å². The number of carbonyl (C=O) groups is 1. The number of nitrogens with two attached hydrogens (primary N) is 1. The molecule has 1 aromatic carbocycles. The Bertz CT molecular complexity index is 598. The van der Waals surface area contributed by atoms with Crippen LogP contribution in [0.25, 0.3) is 0 Å². The second-order valence-electron chi connectivity index (χ2n) is 5.44. The number of fused-ring (bicyclic) bond motifs is 1. The predicted octanol–water partition coefficient (Wildman–Crippen LogP) is 1.62. The molecule has 0 saturated carbocycles. The van der Waals surface area contributed by atoms with E-state index >= 15 is 0 Å². The molecule has 2 heterocycles. The van der Waals surface area contributed by atoms with E-state index in [1.54, 1.807) is 12.1 Å². The number of morpholine rings is 1. The SMILES string of the molecule is Nc1cc2c(cc1N1CCOCC1)C(=O)N(CC(F)(F)F)C2. The van der Waals surface area contributed by atoms with Gasteiger partial charge in [0.1, 0.15) is 6.54 Å². The van der Waals surface area contributed by atoms with E-state index < -0.39 is 18.6 Å². The van der Waals surface area contributed by atoms with E-state index in [9.17, 15) is 18.0 Å². The van der Waals surface area contributed by atoms with Crippen LogP contribution in [0.1, 0.15) is 15.9 Å². The molecule has 2 aliphatic rings. The lowest BCUT2D eigenvalue weighted by molar-refractivity contribution is -0.140. The maximum atomic E-state index is 12.5. The Morgan fingerprint density at radius 1 is 1.23 bits per heavy atom. The molecule has 22 heavy (non-hydrogen) atoms. The lowest BCUT2D eigenvalue weighted by Crippen LogP contribution is -2.36. The Morgan fingerprint density at radius 2 is 1.91 bits per heavy atom. The summed E-state index contributed by atoms with van der Waals surface area (Å²) in [5, 5.41) is 0. The van der Waals surface area contributed by atoms with Crippen LogP contribution in [0, 0.1) is 0 Å². The summed E-state index contributed by atoms with van der Waals surface area (Å²) in [5.41, 5.74) is 8.02. The third-order valence-electron chi connectivity index (χ3n) is 3.85. The number of nitrogen functional groups attached to an aromatic ring is 1. The fourth-order valence-electron chi connectivity index (χ4n) is 2.85. The first-order chi connectivity index (χ1) is 10.3. The third-order valence-corrected chi connectivity index (χ3v) is 3.85. The summed E-state index contributed by atoms with van der Waals surface area (Å²) in [6, 6.07) is 3.21. The van der Waals surface area contributed by atoms with Crippen molar-refractivity contribution in [3.05, 3.63) is 23.3 Å². The van der Waals surface area contributed by atoms with Gasteiger partial charge in [-0.3, -0.25) is 4.79 Å². The zero-order valence-electron chi connectivity index (χ0n) is 11.8. The molecule has 1 amide bonds. The van der Waals surface area contributed by atoms with Crippen molar-refractivity contribution in [3.8, 4) is 0 Å². The van der Waals surface area contributed by atoms with E-state index in [1.807, 2.05) is 4.90 Å². The Labute approximate surface area is 125 Å². The number of ether oxygens (including phenoxy) is 1. The zero-order chi connectivity index (χ0) is 15.9. The van der Waals surface area contributed by atoms with Crippen molar-refractivity contribution in [3.63, 3.8) is 0 Å². The van der Waals surface area contributed by atoms with Gasteiger partial charge in [0, 0.05) is 25.2 Å². The van der Waals surface area contributed by atoms with Crippen LogP contribution >= 0.6 is 0 Å². The molecule has 2 aliphatic heterocycles. The molecule has 0 bridgehead atoms. The second-order valence-corrected chi connectivity index (χ2v) is 5.44. The van der Waals surface area contributed by atoms with Crippen molar-refractivity contribution in [1.29, 1.82) is 0 Å². The van der Waals surface area contributed by atoms with Crippen LogP contribution in [-0.4, -0.2) is 49.8 Å². The van der Waals surface area contributed by atoms with Crippen molar-refractivity contribution in [2.45, 2.75) is 12.7 Å². The standard InChI is InChI=1S/C14H16F3N3O2/c15-14(16,17)8-20-7-9-5-11(18)12(6-10(9)13(20)21)19-1-3-22-4-2-19/h5-6H,1-4,7-8,18H2. The average molecular weight is 315 g/mol. The van der Waals surface area contributed by atoms with E-state index in [0.717, 1.165) is 4.90 Å².